The summed E-state index contributed by atoms with van der Waals surface area (Å²) in [5, 5.41) is 3.83. The summed E-state index contributed by atoms with van der Waals surface area (Å²) >= 11 is 1.41. The van der Waals surface area contributed by atoms with Crippen LogP contribution in [-0.2, 0) is 0 Å². The van der Waals surface area contributed by atoms with Crippen LogP contribution in [0.25, 0.3) is 0 Å². The first-order valence-corrected chi connectivity index (χ1v) is 8.48. The monoisotopic (exact) mass is 310 g/mol. The van der Waals surface area contributed by atoms with Gasteiger partial charge in [-0.25, -0.2) is 4.98 Å². The molecule has 1 fully saturated rings. The summed E-state index contributed by atoms with van der Waals surface area (Å²) in [5.74, 6) is 0.256. The van der Waals surface area contributed by atoms with Gasteiger partial charge in [-0.2, -0.15) is 0 Å². The van der Waals surface area contributed by atoms with E-state index in [1.807, 2.05) is 0 Å². The maximum Gasteiger partial charge on any atom is 0.265 e. The average molecular weight is 310 g/mol. The molecule has 0 radical (unpaired) electrons. The van der Waals surface area contributed by atoms with Gasteiger partial charge in [-0.3, -0.25) is 4.79 Å². The van der Waals surface area contributed by atoms with Crippen LogP contribution in [0.15, 0.2) is 0 Å². The van der Waals surface area contributed by atoms with Crippen LogP contribution in [0.4, 0.5) is 10.9 Å². The van der Waals surface area contributed by atoms with Crippen molar-refractivity contribution in [2.45, 2.75) is 46.5 Å². The van der Waals surface area contributed by atoms with Crippen molar-refractivity contribution < 1.29 is 4.79 Å². The molecule has 1 aromatic heterocycles. The molecule has 0 aromatic carbocycles. The summed E-state index contributed by atoms with van der Waals surface area (Å²) < 4.78 is 0. The zero-order valence-electron chi connectivity index (χ0n) is 13.2. The Morgan fingerprint density at radius 1 is 1.33 bits per heavy atom. The zero-order valence-corrected chi connectivity index (χ0v) is 14.1. The van der Waals surface area contributed by atoms with Crippen LogP contribution in [0, 0.1) is 5.41 Å². The van der Waals surface area contributed by atoms with E-state index in [0.29, 0.717) is 17.2 Å². The van der Waals surface area contributed by atoms with Gasteiger partial charge in [0.1, 0.15) is 10.7 Å². The molecule has 0 saturated carbocycles. The van der Waals surface area contributed by atoms with Crippen molar-refractivity contribution >= 4 is 28.2 Å². The van der Waals surface area contributed by atoms with Crippen LogP contribution in [-0.4, -0.2) is 30.5 Å². The third-order valence-electron chi connectivity index (χ3n) is 3.64. The molecule has 1 aliphatic heterocycles. The number of nitrogen functional groups attached to an aromatic ring is 1. The second-order valence-corrected chi connectivity index (χ2v) is 7.80. The third-order valence-corrected chi connectivity index (χ3v) is 4.77. The molecule has 21 heavy (non-hydrogen) atoms. The summed E-state index contributed by atoms with van der Waals surface area (Å²) in [5.41, 5.74) is 6.13. The fraction of sp³-hybridized carbons (Fsp3) is 0.733. The highest BCUT2D eigenvalue weighted by atomic mass is 32.1. The highest BCUT2D eigenvalue weighted by Gasteiger charge is 2.21. The molecule has 0 spiro atoms. The normalized spacial score (nSPS) is 16.0. The van der Waals surface area contributed by atoms with Gasteiger partial charge in [-0.1, -0.05) is 32.1 Å². The molecule has 6 heteroatoms. The second kappa shape index (κ2) is 6.64. The number of nitrogens with zero attached hydrogens (tertiary/aromatic N) is 2. The minimum absolute atomic E-state index is 0.0995. The summed E-state index contributed by atoms with van der Waals surface area (Å²) in [6, 6.07) is 0. The molecule has 0 unspecified atom stereocenters. The lowest BCUT2D eigenvalue weighted by molar-refractivity contribution is 0.0954. The van der Waals surface area contributed by atoms with Gasteiger partial charge in [0, 0.05) is 19.6 Å². The first-order chi connectivity index (χ1) is 9.87. The first-order valence-electron chi connectivity index (χ1n) is 7.66. The van der Waals surface area contributed by atoms with E-state index in [-0.39, 0.29) is 11.3 Å². The number of aromatic nitrogens is 1. The fourth-order valence-corrected chi connectivity index (χ4v) is 3.29. The van der Waals surface area contributed by atoms with Crippen LogP contribution >= 0.6 is 11.3 Å². The average Bonchev–Trinajstić information content (AvgIpc) is 2.80. The quantitative estimate of drug-likeness (QED) is 0.897. The Bertz CT molecular complexity index is 486. The smallest absolute Gasteiger partial charge is 0.265 e. The van der Waals surface area contributed by atoms with E-state index in [2.05, 4.69) is 36.0 Å². The number of rotatable bonds is 4. The number of thiazole rings is 1. The van der Waals surface area contributed by atoms with Gasteiger partial charge in [0.15, 0.2) is 5.13 Å². The molecule has 1 aromatic rings. The molecule has 2 heterocycles. The lowest BCUT2D eigenvalue weighted by Crippen LogP contribution is -2.29. The minimum Gasteiger partial charge on any atom is -0.382 e. The third kappa shape index (κ3) is 4.59. The Balaban J connectivity index is 1.96. The van der Waals surface area contributed by atoms with Gasteiger partial charge in [0.2, 0.25) is 0 Å². The summed E-state index contributed by atoms with van der Waals surface area (Å²) in [7, 11) is 0. The van der Waals surface area contributed by atoms with Gasteiger partial charge in [0.05, 0.1) is 0 Å². The van der Waals surface area contributed by atoms with Crippen molar-refractivity contribution in [2.24, 2.45) is 5.41 Å². The van der Waals surface area contributed by atoms with Crippen molar-refractivity contribution in [2.75, 3.05) is 30.3 Å². The van der Waals surface area contributed by atoms with Crippen molar-refractivity contribution in [1.82, 2.24) is 10.3 Å². The number of amides is 1. The van der Waals surface area contributed by atoms with E-state index in [1.54, 1.807) is 0 Å². The van der Waals surface area contributed by atoms with Crippen molar-refractivity contribution in [3.8, 4) is 0 Å². The number of carbonyl (C=O) groups is 1. The van der Waals surface area contributed by atoms with Gasteiger partial charge in [0.25, 0.3) is 5.91 Å². The molecule has 2 rings (SSSR count). The minimum atomic E-state index is -0.0995. The standard InChI is InChI=1S/C15H26N4OS/c1-15(2,3)7-8-17-13(20)11-12(16)18-14(21-11)19-9-5-4-6-10-19/h4-10,16H2,1-3H3,(H,17,20). The number of hydrogen-bond donors (Lipinski definition) is 2. The van der Waals surface area contributed by atoms with E-state index >= 15 is 0 Å². The number of hydrogen-bond acceptors (Lipinski definition) is 5. The van der Waals surface area contributed by atoms with Crippen molar-refractivity contribution in [3.05, 3.63) is 4.88 Å². The molecule has 3 N–H and O–H groups in total. The van der Waals surface area contributed by atoms with E-state index in [4.69, 9.17) is 5.73 Å². The molecule has 1 saturated heterocycles. The Labute approximate surface area is 130 Å². The predicted molar refractivity (Wildman–Crippen MR) is 89.0 cm³/mol. The maximum absolute atomic E-state index is 12.2. The van der Waals surface area contributed by atoms with Gasteiger partial charge < -0.3 is 16.0 Å². The Morgan fingerprint density at radius 2 is 2.00 bits per heavy atom. The number of anilines is 2. The fourth-order valence-electron chi connectivity index (χ4n) is 2.33. The molecular weight excluding hydrogens is 284 g/mol. The Morgan fingerprint density at radius 3 is 2.62 bits per heavy atom. The molecule has 1 amide bonds. The highest BCUT2D eigenvalue weighted by Crippen LogP contribution is 2.30. The van der Waals surface area contributed by atoms with Crippen LogP contribution in [0.1, 0.15) is 56.1 Å². The van der Waals surface area contributed by atoms with E-state index < -0.39 is 0 Å². The van der Waals surface area contributed by atoms with E-state index in [1.165, 1.54) is 30.6 Å². The van der Waals surface area contributed by atoms with Crippen LogP contribution < -0.4 is 16.0 Å². The molecule has 0 bridgehead atoms. The molecule has 1 aliphatic rings. The maximum atomic E-state index is 12.2. The number of nitrogens with one attached hydrogen (secondary N) is 1. The molecule has 0 aliphatic carbocycles. The lowest BCUT2D eigenvalue weighted by atomic mass is 9.92. The summed E-state index contributed by atoms with van der Waals surface area (Å²) in [6.07, 6.45) is 4.59. The number of nitrogens with two attached hydrogens (primary N) is 1. The Kier molecular flexibility index (Phi) is 5.08. The van der Waals surface area contributed by atoms with Gasteiger partial charge in [-0.15, -0.1) is 0 Å². The zero-order chi connectivity index (χ0) is 15.5. The second-order valence-electron chi connectivity index (χ2n) is 6.83. The largest absolute Gasteiger partial charge is 0.382 e. The number of carbonyl (C=O) groups excluding carboxylic acids is 1. The molecule has 0 atom stereocenters. The van der Waals surface area contributed by atoms with Crippen molar-refractivity contribution in [3.63, 3.8) is 0 Å². The first kappa shape index (κ1) is 16.1. The highest BCUT2D eigenvalue weighted by molar-refractivity contribution is 7.18. The predicted octanol–water partition coefficient (Wildman–Crippen LogP) is 2.88. The van der Waals surface area contributed by atoms with Crippen LogP contribution in [0.2, 0.25) is 0 Å². The summed E-state index contributed by atoms with van der Waals surface area (Å²) in [4.78, 5) is 19.4. The molecule has 118 valence electrons. The topological polar surface area (TPSA) is 71.2 Å². The van der Waals surface area contributed by atoms with E-state index in [9.17, 15) is 4.79 Å². The summed E-state index contributed by atoms with van der Waals surface area (Å²) in [6.45, 7) is 9.17. The van der Waals surface area contributed by atoms with Gasteiger partial charge in [-0.05, 0) is 31.1 Å². The SMILES string of the molecule is CC(C)(C)CCNC(=O)c1sc(N2CCCCC2)nc1N. The molecule has 5 nitrogen and oxygen atoms in total. The Hall–Kier alpha value is -1.30. The van der Waals surface area contributed by atoms with E-state index in [0.717, 1.165) is 24.6 Å². The van der Waals surface area contributed by atoms with Crippen LogP contribution in [0.5, 0.6) is 0 Å². The van der Waals surface area contributed by atoms with Crippen molar-refractivity contribution in [1.29, 1.82) is 0 Å². The van der Waals surface area contributed by atoms with Gasteiger partial charge >= 0.3 is 0 Å². The lowest BCUT2D eigenvalue weighted by Gasteiger charge is -2.25. The van der Waals surface area contributed by atoms with Crippen LogP contribution in [0.3, 0.4) is 0 Å². The molecular formula is C15H26N4OS. The number of piperidine rings is 1.